The van der Waals surface area contributed by atoms with Crippen molar-refractivity contribution >= 4 is 11.8 Å². The summed E-state index contributed by atoms with van der Waals surface area (Å²) in [5.41, 5.74) is -0.0296. The highest BCUT2D eigenvalue weighted by Gasteiger charge is 2.11. The zero-order chi connectivity index (χ0) is 15.8. The number of carboxylic acids is 1. The normalized spacial score (nSPS) is 10.7. The van der Waals surface area contributed by atoms with Gasteiger partial charge >= 0.3 is 5.97 Å². The van der Waals surface area contributed by atoms with Crippen LogP contribution in [0.25, 0.3) is 0 Å². The summed E-state index contributed by atoms with van der Waals surface area (Å²) >= 11 is 0. The average Bonchev–Trinajstić information content (AvgIpc) is 2.42. The molecule has 0 bridgehead atoms. The maximum atomic E-state index is 11.7. The number of aromatic hydroxyl groups is 1. The number of nitrogens with zero attached hydrogens (tertiary/aromatic N) is 1. The molecule has 0 saturated heterocycles. The third kappa shape index (κ3) is 5.24. The van der Waals surface area contributed by atoms with Crippen LogP contribution in [0, 0.1) is 11.3 Å². The van der Waals surface area contributed by atoms with E-state index in [0.717, 1.165) is 6.07 Å². The molecule has 1 aromatic carbocycles. The van der Waals surface area contributed by atoms with Crippen LogP contribution in [0.5, 0.6) is 11.5 Å². The van der Waals surface area contributed by atoms with Crippen molar-refractivity contribution in [3.05, 3.63) is 35.6 Å². The molecule has 0 atom stereocenters. The Morgan fingerprint density at radius 2 is 2.00 bits per heavy atom. The zero-order valence-electron chi connectivity index (χ0n) is 10.9. The van der Waals surface area contributed by atoms with E-state index in [-0.39, 0.29) is 23.7 Å². The van der Waals surface area contributed by atoms with E-state index >= 15 is 0 Å². The number of benzene rings is 1. The first-order chi connectivity index (χ1) is 9.93. The number of ether oxygens (including phenoxy) is 1. The summed E-state index contributed by atoms with van der Waals surface area (Å²) in [6, 6.07) is 5.66. The monoisotopic (exact) mass is 291 g/mol. The van der Waals surface area contributed by atoms with E-state index in [1.807, 2.05) is 6.07 Å². The minimum absolute atomic E-state index is 0.0296. The van der Waals surface area contributed by atoms with Crippen molar-refractivity contribution in [3.8, 4) is 17.6 Å². The van der Waals surface area contributed by atoms with Gasteiger partial charge < -0.3 is 20.1 Å². The van der Waals surface area contributed by atoms with E-state index in [2.05, 4.69) is 0 Å². The molecule has 0 aliphatic heterocycles. The van der Waals surface area contributed by atoms with Crippen LogP contribution in [-0.2, 0) is 4.79 Å². The molecule has 7 heteroatoms. The maximum Gasteiger partial charge on any atom is 0.371 e. The molecule has 7 nitrogen and oxygen atoms in total. The van der Waals surface area contributed by atoms with Gasteiger partial charge in [-0.15, -0.1) is 0 Å². The first-order valence-corrected chi connectivity index (χ1v) is 5.96. The van der Waals surface area contributed by atoms with Crippen molar-refractivity contribution in [2.24, 2.45) is 0 Å². The standard InChI is InChI=1S/C14H13NO6/c15-3-1-2-4-21-11-6-9(5-10(16)7-11)12(17)8-13(18)14(19)20/h5-8,16,18H,1-2,4H2,(H,19,20). The lowest BCUT2D eigenvalue weighted by molar-refractivity contribution is -0.135. The number of carbonyl (C=O) groups is 2. The number of rotatable bonds is 7. The highest BCUT2D eigenvalue weighted by Crippen LogP contribution is 2.22. The van der Waals surface area contributed by atoms with Crippen molar-refractivity contribution in [1.29, 1.82) is 5.26 Å². The Morgan fingerprint density at radius 1 is 1.29 bits per heavy atom. The van der Waals surface area contributed by atoms with Crippen LogP contribution < -0.4 is 4.74 Å². The molecular formula is C14H13NO6. The van der Waals surface area contributed by atoms with Gasteiger partial charge in [-0.3, -0.25) is 4.79 Å². The summed E-state index contributed by atoms with van der Waals surface area (Å²) in [6.45, 7) is 0.237. The minimum Gasteiger partial charge on any atom is -0.508 e. The third-order valence-electron chi connectivity index (χ3n) is 2.36. The number of phenols is 1. The molecule has 0 aliphatic rings. The number of ketones is 1. The van der Waals surface area contributed by atoms with Crippen molar-refractivity contribution in [1.82, 2.24) is 0 Å². The lowest BCUT2D eigenvalue weighted by Gasteiger charge is -2.07. The van der Waals surface area contributed by atoms with Crippen LogP contribution >= 0.6 is 0 Å². The number of carbonyl (C=O) groups excluding carboxylic acids is 1. The summed E-state index contributed by atoms with van der Waals surface area (Å²) in [6.07, 6.45) is 1.35. The van der Waals surface area contributed by atoms with Gasteiger partial charge in [0.25, 0.3) is 0 Å². The van der Waals surface area contributed by atoms with Crippen molar-refractivity contribution in [2.45, 2.75) is 12.8 Å². The summed E-state index contributed by atoms with van der Waals surface area (Å²) in [5, 5.41) is 35.4. The summed E-state index contributed by atoms with van der Waals surface area (Å²) in [5.74, 6) is -3.54. The highest BCUT2D eigenvalue weighted by atomic mass is 16.5. The topological polar surface area (TPSA) is 128 Å². The van der Waals surface area contributed by atoms with E-state index in [4.69, 9.17) is 20.2 Å². The summed E-state index contributed by atoms with van der Waals surface area (Å²) in [4.78, 5) is 22.2. The van der Waals surface area contributed by atoms with Crippen LogP contribution in [0.2, 0.25) is 0 Å². The number of carboxylic acid groups (broad SMARTS) is 1. The molecule has 21 heavy (non-hydrogen) atoms. The van der Waals surface area contributed by atoms with Crippen LogP contribution in [0.3, 0.4) is 0 Å². The number of hydrogen-bond acceptors (Lipinski definition) is 6. The lowest BCUT2D eigenvalue weighted by atomic mass is 10.1. The Bertz CT molecular complexity index is 614. The number of hydrogen-bond donors (Lipinski definition) is 3. The number of aliphatic hydroxyl groups is 1. The Kier molecular flexibility index (Phi) is 5.77. The van der Waals surface area contributed by atoms with Crippen LogP contribution in [0.4, 0.5) is 0 Å². The molecule has 0 saturated carbocycles. The lowest BCUT2D eigenvalue weighted by Crippen LogP contribution is -2.04. The highest BCUT2D eigenvalue weighted by molar-refractivity contribution is 6.08. The number of aliphatic carboxylic acids is 1. The quantitative estimate of drug-likeness (QED) is 0.302. The van der Waals surface area contributed by atoms with Crippen LogP contribution in [0.1, 0.15) is 23.2 Å². The minimum atomic E-state index is -1.63. The van der Waals surface area contributed by atoms with E-state index in [1.165, 1.54) is 12.1 Å². The molecule has 1 aromatic rings. The van der Waals surface area contributed by atoms with Gasteiger partial charge in [-0.1, -0.05) is 0 Å². The number of nitriles is 1. The van der Waals surface area contributed by atoms with Crippen LogP contribution in [-0.4, -0.2) is 33.7 Å². The van der Waals surface area contributed by atoms with Gasteiger partial charge in [-0.2, -0.15) is 5.26 Å². The number of allylic oxidation sites excluding steroid dienone is 1. The fourth-order valence-electron chi connectivity index (χ4n) is 1.42. The van der Waals surface area contributed by atoms with Crippen molar-refractivity contribution in [2.75, 3.05) is 6.61 Å². The van der Waals surface area contributed by atoms with Crippen molar-refractivity contribution in [3.63, 3.8) is 0 Å². The first-order valence-electron chi connectivity index (χ1n) is 5.96. The fraction of sp³-hybridized carbons (Fsp3) is 0.214. The Labute approximate surface area is 120 Å². The molecule has 0 amide bonds. The predicted molar refractivity (Wildman–Crippen MR) is 71.1 cm³/mol. The number of aliphatic hydroxyl groups excluding tert-OH is 1. The van der Waals surface area contributed by atoms with Gasteiger partial charge in [-0.05, 0) is 18.6 Å². The van der Waals surface area contributed by atoms with Gasteiger partial charge in [0, 0.05) is 24.1 Å². The van der Waals surface area contributed by atoms with E-state index < -0.39 is 17.5 Å². The largest absolute Gasteiger partial charge is 0.508 e. The van der Waals surface area contributed by atoms with Crippen LogP contribution in [0.15, 0.2) is 30.0 Å². The SMILES string of the molecule is N#CCCCOc1cc(O)cc(C(=O)C=C(O)C(=O)O)c1. The Hall–Kier alpha value is -3.01. The number of phenolic OH excluding ortho intramolecular Hbond substituents is 1. The molecule has 0 fully saturated rings. The van der Waals surface area contributed by atoms with E-state index in [0.29, 0.717) is 18.9 Å². The van der Waals surface area contributed by atoms with E-state index in [1.54, 1.807) is 0 Å². The molecule has 0 aliphatic carbocycles. The molecule has 0 radical (unpaired) electrons. The smallest absolute Gasteiger partial charge is 0.371 e. The van der Waals surface area contributed by atoms with Gasteiger partial charge in [0.05, 0.1) is 12.7 Å². The Balaban J connectivity index is 2.87. The second-order valence-corrected chi connectivity index (χ2v) is 4.02. The summed E-state index contributed by atoms with van der Waals surface area (Å²) < 4.78 is 5.27. The Morgan fingerprint density at radius 3 is 2.62 bits per heavy atom. The molecule has 1 rings (SSSR count). The van der Waals surface area contributed by atoms with Crippen molar-refractivity contribution < 1.29 is 29.6 Å². The predicted octanol–water partition coefficient (Wildman–Crippen LogP) is 1.78. The first kappa shape index (κ1) is 16.0. The number of unbranched alkanes of at least 4 members (excludes halogenated alkanes) is 1. The third-order valence-corrected chi connectivity index (χ3v) is 2.36. The van der Waals surface area contributed by atoms with Gasteiger partial charge in [-0.25, -0.2) is 4.79 Å². The molecule has 0 spiro atoms. The second-order valence-electron chi connectivity index (χ2n) is 4.02. The molecule has 110 valence electrons. The molecule has 0 unspecified atom stereocenters. The molecule has 0 aromatic heterocycles. The molecular weight excluding hydrogens is 278 g/mol. The van der Waals surface area contributed by atoms with Gasteiger partial charge in [0.2, 0.25) is 5.76 Å². The van der Waals surface area contributed by atoms with Gasteiger partial charge in [0.15, 0.2) is 5.78 Å². The molecule has 0 heterocycles. The maximum absolute atomic E-state index is 11.7. The fourth-order valence-corrected chi connectivity index (χ4v) is 1.42. The molecule has 3 N–H and O–H groups in total. The summed E-state index contributed by atoms with van der Waals surface area (Å²) in [7, 11) is 0. The van der Waals surface area contributed by atoms with Gasteiger partial charge in [0.1, 0.15) is 11.5 Å². The second kappa shape index (κ2) is 7.55. The van der Waals surface area contributed by atoms with E-state index in [9.17, 15) is 14.7 Å². The zero-order valence-corrected chi connectivity index (χ0v) is 10.9. The average molecular weight is 291 g/mol.